The number of nitrogens with one attached hydrogen (secondary N) is 1. The van der Waals surface area contributed by atoms with Crippen molar-refractivity contribution in [1.29, 1.82) is 0 Å². The Labute approximate surface area is 147 Å². The van der Waals surface area contributed by atoms with E-state index in [1.807, 2.05) is 30.3 Å². The van der Waals surface area contributed by atoms with Gasteiger partial charge in [0, 0.05) is 10.9 Å². The van der Waals surface area contributed by atoms with E-state index in [-0.39, 0.29) is 24.0 Å². The van der Waals surface area contributed by atoms with Crippen molar-refractivity contribution in [2.24, 2.45) is 5.92 Å². The van der Waals surface area contributed by atoms with Gasteiger partial charge in [-0.3, -0.25) is 4.79 Å². The SMILES string of the molecule is O=C(NC1CCc2ccccc21)C1CC(Oc2cccc(Cl)c2)C1. The van der Waals surface area contributed by atoms with E-state index in [4.69, 9.17) is 16.3 Å². The fraction of sp³-hybridized carbons (Fsp3) is 0.350. The molecule has 2 aliphatic carbocycles. The number of aryl methyl sites for hydroxylation is 1. The van der Waals surface area contributed by atoms with Crippen molar-refractivity contribution in [3.8, 4) is 5.75 Å². The Hall–Kier alpha value is -2.00. The summed E-state index contributed by atoms with van der Waals surface area (Å²) in [6.07, 6.45) is 3.70. The first-order valence-corrected chi connectivity index (χ1v) is 8.87. The second-order valence-electron chi connectivity index (χ2n) is 6.66. The molecule has 1 N–H and O–H groups in total. The molecule has 24 heavy (non-hydrogen) atoms. The fourth-order valence-electron chi connectivity index (χ4n) is 3.61. The zero-order valence-electron chi connectivity index (χ0n) is 13.4. The zero-order valence-corrected chi connectivity index (χ0v) is 14.1. The van der Waals surface area contributed by atoms with Gasteiger partial charge in [-0.25, -0.2) is 0 Å². The molecule has 1 unspecified atom stereocenters. The van der Waals surface area contributed by atoms with Gasteiger partial charge in [-0.15, -0.1) is 0 Å². The summed E-state index contributed by atoms with van der Waals surface area (Å²) < 4.78 is 5.87. The number of rotatable bonds is 4. The van der Waals surface area contributed by atoms with Crippen molar-refractivity contribution in [2.45, 2.75) is 37.8 Å². The Balaban J connectivity index is 1.29. The maximum atomic E-state index is 12.5. The van der Waals surface area contributed by atoms with Crippen LogP contribution in [0.1, 0.15) is 36.4 Å². The van der Waals surface area contributed by atoms with E-state index in [1.165, 1.54) is 11.1 Å². The van der Waals surface area contributed by atoms with E-state index in [1.54, 1.807) is 0 Å². The molecular weight excluding hydrogens is 322 g/mol. The molecule has 1 fully saturated rings. The first-order valence-electron chi connectivity index (χ1n) is 8.49. The highest BCUT2D eigenvalue weighted by Crippen LogP contribution is 2.35. The van der Waals surface area contributed by atoms with Crippen molar-refractivity contribution < 1.29 is 9.53 Å². The summed E-state index contributed by atoms with van der Waals surface area (Å²) in [6, 6.07) is 16.0. The predicted octanol–water partition coefficient (Wildman–Crippen LogP) is 4.30. The molecule has 2 aromatic rings. The van der Waals surface area contributed by atoms with Gasteiger partial charge in [0.25, 0.3) is 0 Å². The van der Waals surface area contributed by atoms with E-state index in [9.17, 15) is 4.79 Å². The van der Waals surface area contributed by atoms with E-state index < -0.39 is 0 Å². The largest absolute Gasteiger partial charge is 0.490 e. The lowest BCUT2D eigenvalue weighted by Crippen LogP contribution is -2.44. The molecule has 0 saturated heterocycles. The van der Waals surface area contributed by atoms with Crippen LogP contribution in [-0.4, -0.2) is 12.0 Å². The van der Waals surface area contributed by atoms with Crippen molar-refractivity contribution in [3.63, 3.8) is 0 Å². The summed E-state index contributed by atoms with van der Waals surface area (Å²) in [5.41, 5.74) is 2.63. The third-order valence-electron chi connectivity index (χ3n) is 5.01. The van der Waals surface area contributed by atoms with Crippen LogP contribution in [0.5, 0.6) is 5.75 Å². The van der Waals surface area contributed by atoms with Crippen LogP contribution in [0.3, 0.4) is 0 Å². The van der Waals surface area contributed by atoms with Crippen molar-refractivity contribution in [1.82, 2.24) is 5.32 Å². The lowest BCUT2D eigenvalue weighted by molar-refractivity contribution is -0.131. The van der Waals surface area contributed by atoms with Gasteiger partial charge in [-0.1, -0.05) is 41.9 Å². The average molecular weight is 342 g/mol. The van der Waals surface area contributed by atoms with Crippen LogP contribution >= 0.6 is 11.6 Å². The van der Waals surface area contributed by atoms with Crippen molar-refractivity contribution in [3.05, 3.63) is 64.7 Å². The van der Waals surface area contributed by atoms with E-state index in [2.05, 4.69) is 23.5 Å². The number of hydrogen-bond acceptors (Lipinski definition) is 2. The van der Waals surface area contributed by atoms with Gasteiger partial charge in [0.2, 0.25) is 5.91 Å². The molecule has 124 valence electrons. The van der Waals surface area contributed by atoms with Gasteiger partial charge in [0.1, 0.15) is 11.9 Å². The molecule has 0 radical (unpaired) electrons. The predicted molar refractivity (Wildman–Crippen MR) is 94.2 cm³/mol. The maximum Gasteiger partial charge on any atom is 0.223 e. The molecule has 0 aromatic heterocycles. The third kappa shape index (κ3) is 3.13. The van der Waals surface area contributed by atoms with Crippen LogP contribution in [0, 0.1) is 5.92 Å². The molecule has 0 heterocycles. The van der Waals surface area contributed by atoms with Crippen LogP contribution in [-0.2, 0) is 11.2 Å². The number of fused-ring (bicyclic) bond motifs is 1. The van der Waals surface area contributed by atoms with Crippen LogP contribution in [0.2, 0.25) is 5.02 Å². The summed E-state index contributed by atoms with van der Waals surface area (Å²) in [5, 5.41) is 3.88. The number of carbonyl (C=O) groups excluding carboxylic acids is 1. The topological polar surface area (TPSA) is 38.3 Å². The van der Waals surface area contributed by atoms with Crippen LogP contribution in [0.4, 0.5) is 0 Å². The lowest BCUT2D eigenvalue weighted by Gasteiger charge is -2.35. The van der Waals surface area contributed by atoms with Gasteiger partial charge >= 0.3 is 0 Å². The molecule has 2 aromatic carbocycles. The summed E-state index contributed by atoms with van der Waals surface area (Å²) in [7, 11) is 0. The van der Waals surface area contributed by atoms with Crippen molar-refractivity contribution in [2.75, 3.05) is 0 Å². The van der Waals surface area contributed by atoms with E-state index >= 15 is 0 Å². The van der Waals surface area contributed by atoms with Gasteiger partial charge in [-0.2, -0.15) is 0 Å². The Bertz CT molecular complexity index is 755. The van der Waals surface area contributed by atoms with Gasteiger partial charge < -0.3 is 10.1 Å². The van der Waals surface area contributed by atoms with Crippen molar-refractivity contribution >= 4 is 17.5 Å². The first kappa shape index (κ1) is 15.5. The Kier molecular flexibility index (Phi) is 4.19. The maximum absolute atomic E-state index is 12.5. The lowest BCUT2D eigenvalue weighted by atomic mass is 9.81. The Morgan fingerprint density at radius 3 is 2.79 bits per heavy atom. The Morgan fingerprint density at radius 2 is 1.96 bits per heavy atom. The molecule has 3 nitrogen and oxygen atoms in total. The van der Waals surface area contributed by atoms with Crippen LogP contribution < -0.4 is 10.1 Å². The molecule has 1 atom stereocenters. The van der Waals surface area contributed by atoms with E-state index in [0.717, 1.165) is 31.4 Å². The second kappa shape index (κ2) is 6.48. The fourth-order valence-corrected chi connectivity index (χ4v) is 3.79. The molecular formula is C20H20ClNO2. The third-order valence-corrected chi connectivity index (χ3v) is 5.25. The minimum Gasteiger partial charge on any atom is -0.490 e. The number of benzene rings is 2. The number of ether oxygens (including phenoxy) is 1. The average Bonchev–Trinajstić information content (AvgIpc) is 2.94. The monoisotopic (exact) mass is 341 g/mol. The molecule has 4 heteroatoms. The molecule has 1 amide bonds. The number of hydrogen-bond donors (Lipinski definition) is 1. The normalized spacial score (nSPS) is 24.8. The first-order chi connectivity index (χ1) is 11.7. The summed E-state index contributed by atoms with van der Waals surface area (Å²) >= 11 is 5.96. The summed E-state index contributed by atoms with van der Waals surface area (Å²) in [4.78, 5) is 12.5. The summed E-state index contributed by atoms with van der Waals surface area (Å²) in [6.45, 7) is 0. The quantitative estimate of drug-likeness (QED) is 0.900. The molecule has 0 spiro atoms. The standard InChI is InChI=1S/C20H20ClNO2/c21-15-5-3-6-16(12-15)24-17-10-14(11-17)20(23)22-19-9-8-13-4-1-2-7-18(13)19/h1-7,12,14,17,19H,8-11H2,(H,22,23). The second-order valence-corrected chi connectivity index (χ2v) is 7.10. The highest BCUT2D eigenvalue weighted by atomic mass is 35.5. The highest BCUT2D eigenvalue weighted by molar-refractivity contribution is 6.30. The molecule has 0 bridgehead atoms. The summed E-state index contributed by atoms with van der Waals surface area (Å²) in [5.74, 6) is 0.987. The van der Waals surface area contributed by atoms with Gasteiger partial charge in [0.05, 0.1) is 6.04 Å². The molecule has 2 aliphatic rings. The number of halogens is 1. The number of carbonyl (C=O) groups is 1. The minimum atomic E-state index is 0.0574. The minimum absolute atomic E-state index is 0.0574. The smallest absolute Gasteiger partial charge is 0.223 e. The number of amides is 1. The zero-order chi connectivity index (χ0) is 16.5. The van der Waals surface area contributed by atoms with Crippen LogP contribution in [0.15, 0.2) is 48.5 Å². The van der Waals surface area contributed by atoms with E-state index in [0.29, 0.717) is 5.02 Å². The van der Waals surface area contributed by atoms with Crippen LogP contribution in [0.25, 0.3) is 0 Å². The molecule has 1 saturated carbocycles. The van der Waals surface area contributed by atoms with Gasteiger partial charge in [0.15, 0.2) is 0 Å². The molecule has 4 rings (SSSR count). The van der Waals surface area contributed by atoms with Gasteiger partial charge in [-0.05, 0) is 55.0 Å². The Morgan fingerprint density at radius 1 is 1.12 bits per heavy atom. The molecule has 0 aliphatic heterocycles. The highest BCUT2D eigenvalue weighted by Gasteiger charge is 2.37.